The third kappa shape index (κ3) is 3.89. The first kappa shape index (κ1) is 21.1. The van der Waals surface area contributed by atoms with Crippen molar-refractivity contribution in [3.63, 3.8) is 0 Å². The highest BCUT2D eigenvalue weighted by Gasteiger charge is 2.20. The van der Waals surface area contributed by atoms with Gasteiger partial charge in [-0.05, 0) is 64.0 Å². The maximum atomic E-state index is 6.57. The number of nitrogens with zero attached hydrogens (tertiary/aromatic N) is 5. The zero-order valence-corrected chi connectivity index (χ0v) is 19.7. The van der Waals surface area contributed by atoms with Gasteiger partial charge in [-0.3, -0.25) is 4.68 Å². The summed E-state index contributed by atoms with van der Waals surface area (Å²) in [6, 6.07) is 11.8. The minimum atomic E-state index is 0.370. The number of nitrogens with one attached hydrogen (secondary N) is 2. The topological polar surface area (TPSA) is 93.5 Å². The van der Waals surface area contributed by atoms with Crippen molar-refractivity contribution in [1.29, 1.82) is 0 Å². The van der Waals surface area contributed by atoms with Crippen molar-refractivity contribution in [3.05, 3.63) is 59.3 Å². The number of imidazole rings is 1. The fourth-order valence-electron chi connectivity index (χ4n) is 4.54. The van der Waals surface area contributed by atoms with Gasteiger partial charge in [-0.25, -0.2) is 15.0 Å². The molecule has 4 heterocycles. The zero-order chi connectivity index (χ0) is 23.2. The third-order valence-corrected chi connectivity index (χ3v) is 6.52. The first-order valence-corrected chi connectivity index (χ1v) is 11.8. The first-order valence-electron chi connectivity index (χ1n) is 11.4. The molecule has 3 aromatic heterocycles. The van der Waals surface area contributed by atoms with E-state index in [1.807, 2.05) is 50.2 Å². The zero-order valence-electron chi connectivity index (χ0n) is 19.0. The van der Waals surface area contributed by atoms with Crippen molar-refractivity contribution in [2.45, 2.75) is 32.7 Å². The molecule has 0 atom stereocenters. The van der Waals surface area contributed by atoms with Crippen LogP contribution in [0.15, 0.2) is 42.6 Å². The molecule has 0 saturated carbocycles. The molecule has 0 unspecified atom stereocenters. The monoisotopic (exact) mass is 473 g/mol. The second kappa shape index (κ2) is 8.38. The van der Waals surface area contributed by atoms with E-state index < -0.39 is 0 Å². The fourth-order valence-corrected chi connectivity index (χ4v) is 4.77. The fraction of sp³-hybridized carbons (Fsp3) is 0.280. The second-order valence-corrected chi connectivity index (χ2v) is 9.06. The number of piperidine rings is 1. The van der Waals surface area contributed by atoms with Crippen LogP contribution in [0.4, 0.5) is 0 Å². The first-order chi connectivity index (χ1) is 16.5. The molecule has 9 heteroatoms. The number of aromatic nitrogens is 6. The number of aromatic amines is 1. The van der Waals surface area contributed by atoms with Crippen LogP contribution in [0, 0.1) is 13.8 Å². The van der Waals surface area contributed by atoms with Crippen LogP contribution in [-0.4, -0.2) is 42.8 Å². The molecule has 6 rings (SSSR count). The summed E-state index contributed by atoms with van der Waals surface area (Å²) in [5.41, 5.74) is 5.71. The summed E-state index contributed by atoms with van der Waals surface area (Å²) in [5, 5.41) is 8.53. The van der Waals surface area contributed by atoms with Crippen LogP contribution in [0.1, 0.15) is 30.4 Å². The number of H-pyrrole nitrogens is 1. The van der Waals surface area contributed by atoms with E-state index in [0.29, 0.717) is 33.7 Å². The standard InChI is InChI=1S/C25H24ClN7O/c1-14-19(13-33(32-14)16-7-9-27-10-8-16)24-25(26)31-21-6-4-18(12-23(21)30-24)34-17-3-5-20-22(11-17)29-15(2)28-20/h3-6,11-13,16,27H,7-10H2,1-2H3,(H,28,29). The average Bonchev–Trinajstić information content (AvgIpc) is 3.40. The summed E-state index contributed by atoms with van der Waals surface area (Å²) in [6.07, 6.45) is 4.17. The molecule has 8 nitrogen and oxygen atoms in total. The second-order valence-electron chi connectivity index (χ2n) is 8.71. The van der Waals surface area contributed by atoms with E-state index in [9.17, 15) is 0 Å². The molecule has 5 aromatic rings. The smallest absolute Gasteiger partial charge is 0.156 e. The minimum Gasteiger partial charge on any atom is -0.457 e. The summed E-state index contributed by atoms with van der Waals surface area (Å²) in [6.45, 7) is 5.93. The van der Waals surface area contributed by atoms with E-state index in [4.69, 9.17) is 26.4 Å². The SMILES string of the molecule is Cc1nc2ccc(Oc3ccc4nc(Cl)c(-c5cn(C6CCNCC6)nc5C)nc4c3)cc2[nH]1. The van der Waals surface area contributed by atoms with E-state index in [0.717, 1.165) is 59.8 Å². The van der Waals surface area contributed by atoms with Crippen LogP contribution in [0.3, 0.4) is 0 Å². The molecule has 1 aliphatic rings. The Hall–Kier alpha value is -3.49. The van der Waals surface area contributed by atoms with Crippen LogP contribution in [-0.2, 0) is 0 Å². The van der Waals surface area contributed by atoms with Crippen molar-refractivity contribution in [3.8, 4) is 22.8 Å². The Labute approximate surface area is 201 Å². The molecule has 0 spiro atoms. The van der Waals surface area contributed by atoms with E-state index in [-0.39, 0.29) is 0 Å². The Balaban J connectivity index is 1.34. The number of fused-ring (bicyclic) bond motifs is 2. The molecule has 2 N–H and O–H groups in total. The molecule has 0 amide bonds. The van der Waals surface area contributed by atoms with Crippen LogP contribution >= 0.6 is 11.6 Å². The van der Waals surface area contributed by atoms with Gasteiger partial charge < -0.3 is 15.0 Å². The predicted molar refractivity (Wildman–Crippen MR) is 133 cm³/mol. The highest BCUT2D eigenvalue weighted by atomic mass is 35.5. The third-order valence-electron chi connectivity index (χ3n) is 6.26. The van der Waals surface area contributed by atoms with Gasteiger partial charge in [0.15, 0.2) is 5.15 Å². The van der Waals surface area contributed by atoms with Crippen molar-refractivity contribution < 1.29 is 4.74 Å². The van der Waals surface area contributed by atoms with Crippen LogP contribution < -0.4 is 10.1 Å². The molecule has 1 fully saturated rings. The predicted octanol–water partition coefficient (Wildman–Crippen LogP) is 5.36. The van der Waals surface area contributed by atoms with Gasteiger partial charge in [-0.1, -0.05) is 11.6 Å². The molecule has 0 radical (unpaired) electrons. The minimum absolute atomic E-state index is 0.370. The molecule has 172 valence electrons. The molecular formula is C25H24ClN7O. The summed E-state index contributed by atoms with van der Waals surface area (Å²) in [4.78, 5) is 17.1. The molecule has 2 aromatic carbocycles. The number of rotatable bonds is 4. The lowest BCUT2D eigenvalue weighted by molar-refractivity contribution is 0.342. The van der Waals surface area contributed by atoms with Gasteiger partial charge in [0, 0.05) is 23.9 Å². The lowest BCUT2D eigenvalue weighted by atomic mass is 10.1. The van der Waals surface area contributed by atoms with Gasteiger partial charge >= 0.3 is 0 Å². The Bertz CT molecular complexity index is 1520. The lowest BCUT2D eigenvalue weighted by Gasteiger charge is -2.22. The summed E-state index contributed by atoms with van der Waals surface area (Å²) in [7, 11) is 0. The van der Waals surface area contributed by atoms with E-state index >= 15 is 0 Å². The summed E-state index contributed by atoms with van der Waals surface area (Å²) in [5.74, 6) is 2.26. The van der Waals surface area contributed by atoms with Gasteiger partial charge in [0.1, 0.15) is 23.0 Å². The molecule has 1 aliphatic heterocycles. The van der Waals surface area contributed by atoms with Crippen LogP contribution in [0.2, 0.25) is 5.15 Å². The maximum Gasteiger partial charge on any atom is 0.156 e. The van der Waals surface area contributed by atoms with E-state index in [1.165, 1.54) is 0 Å². The number of hydrogen-bond acceptors (Lipinski definition) is 6. The number of aryl methyl sites for hydroxylation is 2. The van der Waals surface area contributed by atoms with Crippen molar-refractivity contribution >= 4 is 33.7 Å². The van der Waals surface area contributed by atoms with Crippen molar-refractivity contribution in [1.82, 2.24) is 35.0 Å². The molecular weight excluding hydrogens is 450 g/mol. The Morgan fingerprint density at radius 3 is 2.53 bits per heavy atom. The average molecular weight is 474 g/mol. The van der Waals surface area contributed by atoms with Crippen LogP contribution in [0.25, 0.3) is 33.3 Å². The normalized spacial score (nSPS) is 14.8. The Morgan fingerprint density at radius 1 is 0.941 bits per heavy atom. The van der Waals surface area contributed by atoms with E-state index in [2.05, 4.69) is 31.1 Å². The van der Waals surface area contributed by atoms with Gasteiger partial charge in [0.25, 0.3) is 0 Å². The summed E-state index contributed by atoms with van der Waals surface area (Å²) >= 11 is 6.57. The molecule has 1 saturated heterocycles. The van der Waals surface area contributed by atoms with E-state index in [1.54, 1.807) is 0 Å². The van der Waals surface area contributed by atoms with Gasteiger partial charge in [0.2, 0.25) is 0 Å². The number of benzene rings is 2. The molecule has 0 bridgehead atoms. The van der Waals surface area contributed by atoms with Gasteiger partial charge in [0.05, 0.1) is 33.8 Å². The highest BCUT2D eigenvalue weighted by Crippen LogP contribution is 2.33. The van der Waals surface area contributed by atoms with Crippen molar-refractivity contribution in [2.75, 3.05) is 13.1 Å². The largest absolute Gasteiger partial charge is 0.457 e. The maximum absolute atomic E-state index is 6.57. The number of halogens is 1. The summed E-state index contributed by atoms with van der Waals surface area (Å²) < 4.78 is 8.17. The van der Waals surface area contributed by atoms with Crippen molar-refractivity contribution in [2.24, 2.45) is 0 Å². The highest BCUT2D eigenvalue weighted by molar-refractivity contribution is 6.32. The molecule has 0 aliphatic carbocycles. The lowest BCUT2D eigenvalue weighted by Crippen LogP contribution is -2.29. The van der Waals surface area contributed by atoms with Crippen LogP contribution in [0.5, 0.6) is 11.5 Å². The molecule has 34 heavy (non-hydrogen) atoms. The Kier molecular flexibility index (Phi) is 5.19. The quantitative estimate of drug-likeness (QED) is 0.365. The van der Waals surface area contributed by atoms with Gasteiger partial charge in [-0.2, -0.15) is 5.10 Å². The van der Waals surface area contributed by atoms with Gasteiger partial charge in [-0.15, -0.1) is 0 Å². The Morgan fingerprint density at radius 2 is 1.71 bits per heavy atom. The number of ether oxygens (including phenoxy) is 1. The number of hydrogen-bond donors (Lipinski definition) is 2.